The molecular formula is C23H22ClNO3. The molecule has 1 aromatic heterocycles. The first kappa shape index (κ1) is 19.9. The molecule has 1 heterocycles. The molecule has 0 saturated carbocycles. The number of benzene rings is 2. The zero-order valence-corrected chi connectivity index (χ0v) is 17.1. The molecule has 0 fully saturated rings. The Kier molecular flexibility index (Phi) is 5.71. The van der Waals surface area contributed by atoms with Crippen LogP contribution in [0.4, 0.5) is 0 Å². The number of nitrogens with zero attached hydrogens (tertiary/aromatic N) is 1. The third-order valence-corrected chi connectivity index (χ3v) is 5.24. The van der Waals surface area contributed by atoms with E-state index in [1.54, 1.807) is 24.3 Å². The fourth-order valence-electron chi connectivity index (χ4n) is 3.22. The molecular weight excluding hydrogens is 374 g/mol. The van der Waals surface area contributed by atoms with E-state index < -0.39 is 5.97 Å². The highest BCUT2D eigenvalue weighted by atomic mass is 35.5. The molecule has 0 aliphatic heterocycles. The normalized spacial score (nSPS) is 10.8. The van der Waals surface area contributed by atoms with Crippen molar-refractivity contribution in [2.45, 2.75) is 27.7 Å². The molecule has 0 bridgehead atoms. The zero-order valence-electron chi connectivity index (χ0n) is 16.4. The first-order chi connectivity index (χ1) is 13.3. The number of ketones is 1. The topological polar surface area (TPSA) is 48.3 Å². The summed E-state index contributed by atoms with van der Waals surface area (Å²) in [6.07, 6.45) is 0. The minimum absolute atomic E-state index is 0.247. The van der Waals surface area contributed by atoms with Crippen molar-refractivity contribution in [2.24, 2.45) is 0 Å². The van der Waals surface area contributed by atoms with Crippen molar-refractivity contribution < 1.29 is 14.3 Å². The summed E-state index contributed by atoms with van der Waals surface area (Å²) in [4.78, 5) is 24.9. The van der Waals surface area contributed by atoms with E-state index in [1.165, 1.54) is 11.1 Å². The van der Waals surface area contributed by atoms with Gasteiger partial charge in [0.2, 0.25) is 5.78 Å². The van der Waals surface area contributed by atoms with Crippen LogP contribution < -0.4 is 0 Å². The number of aromatic nitrogens is 1. The molecule has 0 unspecified atom stereocenters. The molecule has 5 heteroatoms. The lowest BCUT2D eigenvalue weighted by Gasteiger charge is -2.12. The molecule has 0 aliphatic carbocycles. The molecule has 0 aliphatic rings. The van der Waals surface area contributed by atoms with Crippen molar-refractivity contribution >= 4 is 23.4 Å². The lowest BCUT2D eigenvalue weighted by atomic mass is 10.1. The molecule has 0 amide bonds. The molecule has 0 saturated heterocycles. The summed E-state index contributed by atoms with van der Waals surface area (Å²) in [6, 6.07) is 14.6. The second kappa shape index (κ2) is 8.03. The quantitative estimate of drug-likeness (QED) is 0.429. The van der Waals surface area contributed by atoms with Crippen LogP contribution in [0.15, 0.2) is 48.5 Å². The van der Waals surface area contributed by atoms with Gasteiger partial charge in [0.15, 0.2) is 6.61 Å². The largest absolute Gasteiger partial charge is 0.454 e. The summed E-state index contributed by atoms with van der Waals surface area (Å²) in [5, 5.41) is 0.299. The van der Waals surface area contributed by atoms with Crippen LogP contribution >= 0.6 is 11.6 Å². The third-order valence-electron chi connectivity index (χ3n) is 4.91. The van der Waals surface area contributed by atoms with Crippen molar-refractivity contribution in [3.05, 3.63) is 87.2 Å². The van der Waals surface area contributed by atoms with Gasteiger partial charge in [0.05, 0.1) is 10.6 Å². The number of Topliss-reactive ketones (excluding diaryl/α,β-unsaturated/α-hetero) is 1. The van der Waals surface area contributed by atoms with Crippen LogP contribution in [0.3, 0.4) is 0 Å². The maximum absolute atomic E-state index is 12.7. The number of hydrogen-bond acceptors (Lipinski definition) is 3. The Bertz CT molecular complexity index is 1070. The molecule has 0 spiro atoms. The van der Waals surface area contributed by atoms with Crippen LogP contribution in [-0.2, 0) is 4.74 Å². The van der Waals surface area contributed by atoms with Gasteiger partial charge in [0.1, 0.15) is 0 Å². The Balaban J connectivity index is 1.80. The monoisotopic (exact) mass is 395 g/mol. The lowest BCUT2D eigenvalue weighted by molar-refractivity contribution is 0.0474. The van der Waals surface area contributed by atoms with Crippen LogP contribution in [0, 0.1) is 27.7 Å². The average Bonchev–Trinajstić information content (AvgIpc) is 2.96. The number of rotatable bonds is 5. The summed E-state index contributed by atoms with van der Waals surface area (Å²) in [5.41, 5.74) is 5.96. The van der Waals surface area contributed by atoms with Gasteiger partial charge >= 0.3 is 5.97 Å². The number of aryl methyl sites for hydroxylation is 3. The van der Waals surface area contributed by atoms with Crippen LogP contribution in [0.2, 0.25) is 5.02 Å². The van der Waals surface area contributed by atoms with E-state index in [0.29, 0.717) is 10.6 Å². The second-order valence-corrected chi connectivity index (χ2v) is 7.28. The van der Waals surface area contributed by atoms with E-state index in [-0.39, 0.29) is 18.0 Å². The molecule has 0 atom stereocenters. The summed E-state index contributed by atoms with van der Waals surface area (Å²) in [7, 11) is 0. The molecule has 144 valence electrons. The fraction of sp³-hybridized carbons (Fsp3) is 0.217. The number of ether oxygens (including phenoxy) is 1. The van der Waals surface area contributed by atoms with E-state index in [0.717, 1.165) is 17.1 Å². The third kappa shape index (κ3) is 3.87. The number of carbonyl (C=O) groups excluding carboxylic acids is 2. The van der Waals surface area contributed by atoms with Gasteiger partial charge in [0.25, 0.3) is 0 Å². The summed E-state index contributed by atoms with van der Waals surface area (Å²) in [5.74, 6) is -0.856. The van der Waals surface area contributed by atoms with Crippen LogP contribution in [0.25, 0.3) is 5.69 Å². The van der Waals surface area contributed by atoms with Crippen LogP contribution in [-0.4, -0.2) is 22.9 Å². The van der Waals surface area contributed by atoms with E-state index in [9.17, 15) is 9.59 Å². The Labute approximate surface area is 169 Å². The molecule has 3 aromatic rings. The first-order valence-electron chi connectivity index (χ1n) is 9.01. The number of hydrogen-bond donors (Lipinski definition) is 0. The minimum Gasteiger partial charge on any atom is -0.454 e. The molecule has 0 radical (unpaired) electrons. The summed E-state index contributed by atoms with van der Waals surface area (Å²) in [6.45, 7) is 7.64. The maximum Gasteiger partial charge on any atom is 0.340 e. The van der Waals surface area contributed by atoms with Crippen LogP contribution in [0.1, 0.15) is 43.2 Å². The van der Waals surface area contributed by atoms with E-state index in [1.807, 2.05) is 30.5 Å². The van der Waals surface area contributed by atoms with Crippen molar-refractivity contribution in [3.63, 3.8) is 0 Å². The van der Waals surface area contributed by atoms with Gasteiger partial charge < -0.3 is 9.30 Å². The molecule has 3 rings (SSSR count). The second-order valence-electron chi connectivity index (χ2n) is 6.87. The Morgan fingerprint density at radius 2 is 1.64 bits per heavy atom. The number of halogens is 1. The van der Waals surface area contributed by atoms with Gasteiger partial charge in [-0.1, -0.05) is 29.8 Å². The standard InChI is InChI=1S/C23H22ClNO3/c1-14-9-10-18(11-15(14)2)25-16(3)12-20(17(25)4)22(26)13-28-23(27)19-7-5-6-8-21(19)24/h5-12H,13H2,1-4H3. The first-order valence-corrected chi connectivity index (χ1v) is 9.39. The predicted octanol–water partition coefficient (Wildman–Crippen LogP) is 5.40. The van der Waals surface area contributed by atoms with Gasteiger partial charge in [-0.05, 0) is 69.2 Å². The van der Waals surface area contributed by atoms with Crippen molar-refractivity contribution in [3.8, 4) is 5.69 Å². The van der Waals surface area contributed by atoms with Gasteiger partial charge in [-0.3, -0.25) is 4.79 Å². The minimum atomic E-state index is -0.609. The summed E-state index contributed by atoms with van der Waals surface area (Å²) >= 11 is 6.00. The van der Waals surface area contributed by atoms with E-state index in [4.69, 9.17) is 16.3 Å². The Morgan fingerprint density at radius 3 is 2.32 bits per heavy atom. The zero-order chi connectivity index (χ0) is 20.4. The lowest BCUT2D eigenvalue weighted by Crippen LogP contribution is -2.15. The molecule has 0 N–H and O–H groups in total. The number of esters is 1. The fourth-order valence-corrected chi connectivity index (χ4v) is 3.43. The van der Waals surface area contributed by atoms with Crippen molar-refractivity contribution in [1.82, 2.24) is 4.57 Å². The van der Waals surface area contributed by atoms with Crippen molar-refractivity contribution in [2.75, 3.05) is 6.61 Å². The van der Waals surface area contributed by atoms with Crippen LogP contribution in [0.5, 0.6) is 0 Å². The average molecular weight is 396 g/mol. The predicted molar refractivity (Wildman–Crippen MR) is 111 cm³/mol. The highest BCUT2D eigenvalue weighted by molar-refractivity contribution is 6.33. The highest BCUT2D eigenvalue weighted by Crippen LogP contribution is 2.23. The number of carbonyl (C=O) groups is 2. The Morgan fingerprint density at radius 1 is 0.929 bits per heavy atom. The highest BCUT2D eigenvalue weighted by Gasteiger charge is 2.19. The van der Waals surface area contributed by atoms with E-state index in [2.05, 4.69) is 26.0 Å². The van der Waals surface area contributed by atoms with E-state index >= 15 is 0 Å². The van der Waals surface area contributed by atoms with Gasteiger partial charge in [-0.15, -0.1) is 0 Å². The van der Waals surface area contributed by atoms with Gasteiger partial charge in [0, 0.05) is 22.6 Å². The molecule has 2 aromatic carbocycles. The SMILES string of the molecule is Cc1ccc(-n2c(C)cc(C(=O)COC(=O)c3ccccc3Cl)c2C)cc1C. The van der Waals surface area contributed by atoms with Crippen molar-refractivity contribution in [1.29, 1.82) is 0 Å². The summed E-state index contributed by atoms with van der Waals surface area (Å²) < 4.78 is 7.22. The molecule has 28 heavy (non-hydrogen) atoms. The maximum atomic E-state index is 12.7. The molecule has 4 nitrogen and oxygen atoms in total. The Hall–Kier alpha value is -2.85. The smallest absolute Gasteiger partial charge is 0.340 e. The van der Waals surface area contributed by atoms with Gasteiger partial charge in [-0.25, -0.2) is 4.79 Å². The van der Waals surface area contributed by atoms with Gasteiger partial charge in [-0.2, -0.15) is 0 Å².